The number of nitrogens with one attached hydrogen (secondary N) is 1. The lowest BCUT2D eigenvalue weighted by molar-refractivity contribution is 0.304. The van der Waals surface area contributed by atoms with Crippen molar-refractivity contribution in [1.82, 2.24) is 5.32 Å². The van der Waals surface area contributed by atoms with Crippen molar-refractivity contribution in [3.63, 3.8) is 0 Å². The lowest BCUT2D eigenvalue weighted by Gasteiger charge is -2.23. The Morgan fingerprint density at radius 2 is 1.91 bits per heavy atom. The molecule has 1 heteroatoms. The van der Waals surface area contributed by atoms with Crippen molar-refractivity contribution in [1.29, 1.82) is 0 Å². The second-order valence-electron chi connectivity index (χ2n) is 4.12. The first-order valence-corrected chi connectivity index (χ1v) is 4.97. The van der Waals surface area contributed by atoms with Gasteiger partial charge in [0.05, 0.1) is 0 Å². The lowest BCUT2D eigenvalue weighted by atomic mass is 9.85. The summed E-state index contributed by atoms with van der Waals surface area (Å²) < 4.78 is 0. The van der Waals surface area contributed by atoms with Crippen molar-refractivity contribution in [2.45, 2.75) is 46.0 Å². The molecule has 66 valence electrons. The minimum Gasteiger partial charge on any atom is -0.317 e. The minimum absolute atomic E-state index is 0.683. The third-order valence-corrected chi connectivity index (χ3v) is 2.97. The molecule has 0 unspecified atom stereocenters. The van der Waals surface area contributed by atoms with Gasteiger partial charge in [0.1, 0.15) is 0 Å². The molecule has 1 fully saturated rings. The van der Waals surface area contributed by atoms with E-state index in [-0.39, 0.29) is 0 Å². The molecular formula is C10H21N. The van der Waals surface area contributed by atoms with E-state index in [0.717, 1.165) is 6.54 Å². The van der Waals surface area contributed by atoms with Crippen LogP contribution in [0.1, 0.15) is 46.0 Å². The van der Waals surface area contributed by atoms with Crippen LogP contribution in [0.15, 0.2) is 0 Å². The van der Waals surface area contributed by atoms with E-state index in [2.05, 4.69) is 19.2 Å². The summed E-state index contributed by atoms with van der Waals surface area (Å²) in [5.41, 5.74) is 0.683. The fourth-order valence-corrected chi connectivity index (χ4v) is 2.05. The van der Waals surface area contributed by atoms with Gasteiger partial charge in [0.2, 0.25) is 0 Å². The average molecular weight is 155 g/mol. The molecule has 1 nitrogen and oxygen atoms in total. The monoisotopic (exact) mass is 155 g/mol. The van der Waals surface area contributed by atoms with E-state index in [1.165, 1.54) is 38.6 Å². The first kappa shape index (κ1) is 9.05. The molecule has 0 bridgehead atoms. The first-order chi connectivity index (χ1) is 5.27. The summed E-state index contributed by atoms with van der Waals surface area (Å²) in [5, 5.41) is 3.40. The summed E-state index contributed by atoms with van der Waals surface area (Å²) in [7, 11) is 0. The van der Waals surface area contributed by atoms with Crippen molar-refractivity contribution in [2.75, 3.05) is 13.1 Å². The van der Waals surface area contributed by atoms with Gasteiger partial charge in [-0.1, -0.05) is 26.7 Å². The molecule has 0 aromatic heterocycles. The van der Waals surface area contributed by atoms with E-state index in [1.54, 1.807) is 0 Å². The van der Waals surface area contributed by atoms with Gasteiger partial charge in [0.15, 0.2) is 0 Å². The Kier molecular flexibility index (Phi) is 3.38. The van der Waals surface area contributed by atoms with Gasteiger partial charge in [-0.3, -0.25) is 0 Å². The molecular weight excluding hydrogens is 134 g/mol. The van der Waals surface area contributed by atoms with Crippen LogP contribution in [0.3, 0.4) is 0 Å². The molecule has 0 spiro atoms. The van der Waals surface area contributed by atoms with Crippen LogP contribution in [0.25, 0.3) is 0 Å². The SMILES string of the molecule is CCNCCC1(C)CCCC1. The summed E-state index contributed by atoms with van der Waals surface area (Å²) in [5.74, 6) is 0. The van der Waals surface area contributed by atoms with Gasteiger partial charge in [-0.15, -0.1) is 0 Å². The third kappa shape index (κ3) is 2.82. The molecule has 1 aliphatic carbocycles. The topological polar surface area (TPSA) is 12.0 Å². The Labute approximate surface area is 70.6 Å². The molecule has 0 heterocycles. The van der Waals surface area contributed by atoms with E-state index in [4.69, 9.17) is 0 Å². The number of rotatable bonds is 4. The molecule has 0 radical (unpaired) electrons. The fourth-order valence-electron chi connectivity index (χ4n) is 2.05. The van der Waals surface area contributed by atoms with Crippen molar-refractivity contribution in [3.05, 3.63) is 0 Å². The van der Waals surface area contributed by atoms with Gasteiger partial charge in [0.25, 0.3) is 0 Å². The smallest absolute Gasteiger partial charge is 0.00438 e. The van der Waals surface area contributed by atoms with Crippen LogP contribution in [0.2, 0.25) is 0 Å². The second-order valence-corrected chi connectivity index (χ2v) is 4.12. The largest absolute Gasteiger partial charge is 0.317 e. The maximum absolute atomic E-state index is 3.40. The Morgan fingerprint density at radius 1 is 1.27 bits per heavy atom. The Morgan fingerprint density at radius 3 is 2.45 bits per heavy atom. The highest BCUT2D eigenvalue weighted by atomic mass is 14.8. The molecule has 0 aromatic carbocycles. The predicted octanol–water partition coefficient (Wildman–Crippen LogP) is 2.57. The molecule has 11 heavy (non-hydrogen) atoms. The zero-order valence-corrected chi connectivity index (χ0v) is 7.95. The summed E-state index contributed by atoms with van der Waals surface area (Å²) in [6, 6.07) is 0. The maximum Gasteiger partial charge on any atom is -0.00438 e. The maximum atomic E-state index is 3.40. The lowest BCUT2D eigenvalue weighted by Crippen LogP contribution is -2.22. The van der Waals surface area contributed by atoms with Crippen LogP contribution in [-0.2, 0) is 0 Å². The molecule has 1 aliphatic rings. The molecule has 0 atom stereocenters. The van der Waals surface area contributed by atoms with Crippen molar-refractivity contribution in [2.24, 2.45) is 5.41 Å². The molecule has 0 aliphatic heterocycles. The summed E-state index contributed by atoms with van der Waals surface area (Å²) in [4.78, 5) is 0. The standard InChI is InChI=1S/C10H21N/c1-3-11-9-8-10(2)6-4-5-7-10/h11H,3-9H2,1-2H3. The van der Waals surface area contributed by atoms with Crippen LogP contribution in [-0.4, -0.2) is 13.1 Å². The highest BCUT2D eigenvalue weighted by Gasteiger charge is 2.27. The quantitative estimate of drug-likeness (QED) is 0.615. The molecule has 0 saturated heterocycles. The molecule has 1 saturated carbocycles. The van der Waals surface area contributed by atoms with E-state index >= 15 is 0 Å². The normalized spacial score (nSPS) is 22.4. The minimum atomic E-state index is 0.683. The van der Waals surface area contributed by atoms with Gasteiger partial charge in [-0.2, -0.15) is 0 Å². The third-order valence-electron chi connectivity index (χ3n) is 2.97. The number of hydrogen-bond donors (Lipinski definition) is 1. The van der Waals surface area contributed by atoms with E-state index in [1.807, 2.05) is 0 Å². The first-order valence-electron chi connectivity index (χ1n) is 4.97. The van der Waals surface area contributed by atoms with Gasteiger partial charge in [0, 0.05) is 0 Å². The average Bonchev–Trinajstić information content (AvgIpc) is 2.38. The highest BCUT2D eigenvalue weighted by molar-refractivity contribution is 4.80. The Hall–Kier alpha value is -0.0400. The van der Waals surface area contributed by atoms with Gasteiger partial charge in [-0.05, 0) is 37.8 Å². The summed E-state index contributed by atoms with van der Waals surface area (Å²) in [6.07, 6.45) is 7.21. The van der Waals surface area contributed by atoms with Gasteiger partial charge < -0.3 is 5.32 Å². The number of hydrogen-bond acceptors (Lipinski definition) is 1. The van der Waals surface area contributed by atoms with E-state index in [9.17, 15) is 0 Å². The predicted molar refractivity (Wildman–Crippen MR) is 49.7 cm³/mol. The zero-order chi connectivity index (χ0) is 8.16. The zero-order valence-electron chi connectivity index (χ0n) is 7.95. The Balaban J connectivity index is 2.13. The van der Waals surface area contributed by atoms with Crippen molar-refractivity contribution in [3.8, 4) is 0 Å². The molecule has 1 N–H and O–H groups in total. The van der Waals surface area contributed by atoms with Gasteiger partial charge >= 0.3 is 0 Å². The van der Waals surface area contributed by atoms with E-state index < -0.39 is 0 Å². The van der Waals surface area contributed by atoms with Crippen LogP contribution < -0.4 is 5.32 Å². The molecule has 1 rings (SSSR count). The molecule has 0 amide bonds. The Bertz CT molecular complexity index is 103. The van der Waals surface area contributed by atoms with Crippen molar-refractivity contribution < 1.29 is 0 Å². The van der Waals surface area contributed by atoms with E-state index in [0.29, 0.717) is 5.41 Å². The highest BCUT2D eigenvalue weighted by Crippen LogP contribution is 2.39. The summed E-state index contributed by atoms with van der Waals surface area (Å²) >= 11 is 0. The van der Waals surface area contributed by atoms with Gasteiger partial charge in [-0.25, -0.2) is 0 Å². The van der Waals surface area contributed by atoms with Crippen LogP contribution >= 0.6 is 0 Å². The van der Waals surface area contributed by atoms with Crippen molar-refractivity contribution >= 4 is 0 Å². The fraction of sp³-hybridized carbons (Fsp3) is 1.00. The van der Waals surface area contributed by atoms with Crippen LogP contribution in [0.4, 0.5) is 0 Å². The van der Waals surface area contributed by atoms with Crippen LogP contribution in [0, 0.1) is 5.41 Å². The summed E-state index contributed by atoms with van der Waals surface area (Å²) in [6.45, 7) is 6.96. The van der Waals surface area contributed by atoms with Crippen LogP contribution in [0.5, 0.6) is 0 Å². The molecule has 0 aromatic rings. The second kappa shape index (κ2) is 4.10.